The highest BCUT2D eigenvalue weighted by Crippen LogP contribution is 2.18. The molecule has 20 heavy (non-hydrogen) atoms. The lowest BCUT2D eigenvalue weighted by atomic mass is 10.1. The first-order valence-electron chi connectivity index (χ1n) is 6.66. The molecule has 2 N–H and O–H groups in total. The van der Waals surface area contributed by atoms with Crippen LogP contribution in [0.3, 0.4) is 0 Å². The first-order chi connectivity index (χ1) is 9.33. The third-order valence-electron chi connectivity index (χ3n) is 2.82. The van der Waals surface area contributed by atoms with E-state index in [1.54, 1.807) is 6.20 Å². The minimum Gasteiger partial charge on any atom is -0.348 e. The number of anilines is 3. The Morgan fingerprint density at radius 2 is 1.80 bits per heavy atom. The minimum absolute atomic E-state index is 0.0965. The third kappa shape index (κ3) is 3.91. The maximum Gasteiger partial charge on any atom is 0.245 e. The van der Waals surface area contributed by atoms with E-state index in [9.17, 15) is 0 Å². The van der Waals surface area contributed by atoms with Crippen LogP contribution in [0.1, 0.15) is 31.9 Å². The molecular weight excluding hydrogens is 250 g/mol. The molecule has 1 aromatic carbocycles. The molecule has 0 saturated heterocycles. The first-order valence-corrected chi connectivity index (χ1v) is 6.66. The van der Waals surface area contributed by atoms with Crippen LogP contribution in [0, 0.1) is 13.8 Å². The van der Waals surface area contributed by atoms with Gasteiger partial charge in [-0.15, -0.1) is 5.10 Å². The van der Waals surface area contributed by atoms with Crippen molar-refractivity contribution in [2.75, 3.05) is 10.6 Å². The molecule has 5 heteroatoms. The molecule has 0 amide bonds. The Labute approximate surface area is 119 Å². The molecule has 0 fully saturated rings. The second-order valence-electron chi connectivity index (χ2n) is 5.96. The molecule has 0 aliphatic rings. The maximum atomic E-state index is 4.41. The van der Waals surface area contributed by atoms with Crippen LogP contribution in [-0.4, -0.2) is 20.7 Å². The Morgan fingerprint density at radius 1 is 1.05 bits per heavy atom. The fourth-order valence-corrected chi connectivity index (χ4v) is 1.72. The highest BCUT2D eigenvalue weighted by atomic mass is 15.3. The van der Waals surface area contributed by atoms with Crippen LogP contribution < -0.4 is 10.6 Å². The van der Waals surface area contributed by atoms with E-state index in [1.165, 1.54) is 11.1 Å². The summed E-state index contributed by atoms with van der Waals surface area (Å²) in [5, 5.41) is 14.4. The van der Waals surface area contributed by atoms with Gasteiger partial charge in [0.25, 0.3) is 0 Å². The molecule has 5 nitrogen and oxygen atoms in total. The standard InChI is InChI=1S/C15H21N5/c1-10-6-7-12(8-11(10)2)17-13-9-16-20-14(18-13)19-15(3,4)5/h6-9H,1-5H3,(H2,17,18,19,20). The number of hydrogen-bond acceptors (Lipinski definition) is 5. The van der Waals surface area contributed by atoms with E-state index in [0.717, 1.165) is 5.69 Å². The summed E-state index contributed by atoms with van der Waals surface area (Å²) in [6.07, 6.45) is 1.61. The van der Waals surface area contributed by atoms with Crippen LogP contribution >= 0.6 is 0 Å². The van der Waals surface area contributed by atoms with E-state index in [-0.39, 0.29) is 5.54 Å². The topological polar surface area (TPSA) is 62.7 Å². The third-order valence-corrected chi connectivity index (χ3v) is 2.82. The molecular formula is C15H21N5. The molecule has 0 atom stereocenters. The van der Waals surface area contributed by atoms with Crippen molar-refractivity contribution >= 4 is 17.5 Å². The molecule has 106 valence electrons. The van der Waals surface area contributed by atoms with Gasteiger partial charge < -0.3 is 10.6 Å². The van der Waals surface area contributed by atoms with Crippen LogP contribution in [0.4, 0.5) is 17.5 Å². The smallest absolute Gasteiger partial charge is 0.245 e. The van der Waals surface area contributed by atoms with Gasteiger partial charge in [0.2, 0.25) is 5.95 Å². The van der Waals surface area contributed by atoms with Crippen molar-refractivity contribution in [1.29, 1.82) is 0 Å². The molecule has 2 aromatic rings. The van der Waals surface area contributed by atoms with Gasteiger partial charge in [-0.1, -0.05) is 6.07 Å². The number of benzene rings is 1. The van der Waals surface area contributed by atoms with Crippen LogP contribution in [0.5, 0.6) is 0 Å². The Morgan fingerprint density at radius 3 is 2.45 bits per heavy atom. The number of aryl methyl sites for hydroxylation is 2. The van der Waals surface area contributed by atoms with E-state index in [4.69, 9.17) is 0 Å². The molecule has 0 spiro atoms. The zero-order chi connectivity index (χ0) is 14.8. The van der Waals surface area contributed by atoms with Crippen molar-refractivity contribution in [1.82, 2.24) is 15.2 Å². The fourth-order valence-electron chi connectivity index (χ4n) is 1.72. The second kappa shape index (κ2) is 5.45. The number of nitrogens with zero attached hydrogens (tertiary/aromatic N) is 3. The predicted octanol–water partition coefficient (Wildman–Crippen LogP) is 3.44. The van der Waals surface area contributed by atoms with Gasteiger partial charge in [0, 0.05) is 11.2 Å². The number of rotatable bonds is 3. The highest BCUT2D eigenvalue weighted by Gasteiger charge is 2.11. The summed E-state index contributed by atoms with van der Waals surface area (Å²) in [5.74, 6) is 1.20. The molecule has 1 heterocycles. The normalized spacial score (nSPS) is 11.2. The van der Waals surface area contributed by atoms with Gasteiger partial charge in [-0.25, -0.2) is 0 Å². The van der Waals surface area contributed by atoms with Gasteiger partial charge in [-0.05, 0) is 57.9 Å². The van der Waals surface area contributed by atoms with Crippen molar-refractivity contribution < 1.29 is 0 Å². The van der Waals surface area contributed by atoms with Crippen molar-refractivity contribution in [3.8, 4) is 0 Å². The summed E-state index contributed by atoms with van der Waals surface area (Å²) >= 11 is 0. The Balaban J connectivity index is 2.17. The van der Waals surface area contributed by atoms with Gasteiger partial charge in [-0.3, -0.25) is 0 Å². The Bertz CT molecular complexity index is 601. The Hall–Kier alpha value is -2.17. The zero-order valence-corrected chi connectivity index (χ0v) is 12.7. The molecule has 0 bridgehead atoms. The summed E-state index contributed by atoms with van der Waals surface area (Å²) in [6.45, 7) is 10.3. The molecule has 0 aliphatic carbocycles. The van der Waals surface area contributed by atoms with Crippen molar-refractivity contribution in [3.63, 3.8) is 0 Å². The molecule has 1 aromatic heterocycles. The van der Waals surface area contributed by atoms with E-state index in [1.807, 2.05) is 6.07 Å². The molecule has 0 radical (unpaired) electrons. The highest BCUT2D eigenvalue weighted by molar-refractivity contribution is 5.58. The second-order valence-corrected chi connectivity index (χ2v) is 5.96. The van der Waals surface area contributed by atoms with E-state index in [2.05, 4.69) is 72.6 Å². The van der Waals surface area contributed by atoms with Gasteiger partial charge in [0.05, 0.1) is 6.20 Å². The van der Waals surface area contributed by atoms with E-state index in [0.29, 0.717) is 11.8 Å². The molecule has 0 aliphatic heterocycles. The number of nitrogens with one attached hydrogen (secondary N) is 2. The quantitative estimate of drug-likeness (QED) is 0.895. The maximum absolute atomic E-state index is 4.41. The van der Waals surface area contributed by atoms with Crippen molar-refractivity contribution in [2.24, 2.45) is 0 Å². The van der Waals surface area contributed by atoms with Crippen LogP contribution in [0.15, 0.2) is 24.4 Å². The van der Waals surface area contributed by atoms with Gasteiger partial charge in [0.15, 0.2) is 5.82 Å². The summed E-state index contributed by atoms with van der Waals surface area (Å²) in [6, 6.07) is 6.20. The van der Waals surface area contributed by atoms with E-state index < -0.39 is 0 Å². The lowest BCUT2D eigenvalue weighted by molar-refractivity contribution is 0.623. The van der Waals surface area contributed by atoms with Crippen molar-refractivity contribution in [2.45, 2.75) is 40.2 Å². The van der Waals surface area contributed by atoms with Gasteiger partial charge in [-0.2, -0.15) is 10.1 Å². The van der Waals surface area contributed by atoms with Gasteiger partial charge in [0.1, 0.15) is 0 Å². The number of hydrogen-bond donors (Lipinski definition) is 2. The lowest BCUT2D eigenvalue weighted by Crippen LogP contribution is -2.27. The lowest BCUT2D eigenvalue weighted by Gasteiger charge is -2.20. The summed E-state index contributed by atoms with van der Waals surface area (Å²) in [4.78, 5) is 4.41. The first kappa shape index (κ1) is 14.2. The number of aromatic nitrogens is 3. The fraction of sp³-hybridized carbons (Fsp3) is 0.400. The monoisotopic (exact) mass is 271 g/mol. The molecule has 2 rings (SSSR count). The molecule has 0 unspecified atom stereocenters. The largest absolute Gasteiger partial charge is 0.348 e. The van der Waals surface area contributed by atoms with Crippen LogP contribution in [0.25, 0.3) is 0 Å². The Kier molecular flexibility index (Phi) is 3.88. The summed E-state index contributed by atoms with van der Waals surface area (Å²) < 4.78 is 0. The summed E-state index contributed by atoms with van der Waals surface area (Å²) in [5.41, 5.74) is 3.41. The molecule has 0 saturated carbocycles. The average Bonchev–Trinajstić information content (AvgIpc) is 2.32. The van der Waals surface area contributed by atoms with E-state index >= 15 is 0 Å². The zero-order valence-electron chi connectivity index (χ0n) is 12.7. The van der Waals surface area contributed by atoms with Crippen LogP contribution in [0.2, 0.25) is 0 Å². The predicted molar refractivity (Wildman–Crippen MR) is 82.4 cm³/mol. The van der Waals surface area contributed by atoms with Crippen LogP contribution in [-0.2, 0) is 0 Å². The summed E-state index contributed by atoms with van der Waals surface area (Å²) in [7, 11) is 0. The average molecular weight is 271 g/mol. The minimum atomic E-state index is -0.0965. The van der Waals surface area contributed by atoms with Gasteiger partial charge >= 0.3 is 0 Å². The van der Waals surface area contributed by atoms with Crippen molar-refractivity contribution in [3.05, 3.63) is 35.5 Å². The SMILES string of the molecule is Cc1ccc(Nc2cnnc(NC(C)(C)C)n2)cc1C.